The molecule has 0 bridgehead atoms. The zero-order valence-corrected chi connectivity index (χ0v) is 10.9. The number of nitrogen functional groups attached to an aromatic ring is 1. The van der Waals surface area contributed by atoms with Gasteiger partial charge in [-0.1, -0.05) is 12.1 Å². The lowest BCUT2D eigenvalue weighted by Gasteiger charge is -2.10. The number of benzene rings is 2. The first-order valence-electron chi connectivity index (χ1n) is 6.62. The summed E-state index contributed by atoms with van der Waals surface area (Å²) in [5.41, 5.74) is 8.99. The minimum Gasteiger partial charge on any atom is -0.397 e. The van der Waals surface area contributed by atoms with Crippen LogP contribution in [0.15, 0.2) is 36.4 Å². The second-order valence-corrected chi connectivity index (χ2v) is 5.00. The summed E-state index contributed by atoms with van der Waals surface area (Å²) in [7, 11) is 0. The number of nitrogens with one attached hydrogen (secondary N) is 1. The predicted molar refractivity (Wildman–Crippen MR) is 77.2 cm³/mol. The van der Waals surface area contributed by atoms with Crippen molar-refractivity contribution in [3.63, 3.8) is 0 Å². The van der Waals surface area contributed by atoms with Crippen molar-refractivity contribution >= 4 is 17.3 Å². The number of nitrogens with two attached hydrogens (primary N) is 1. The molecule has 3 rings (SSSR count). The van der Waals surface area contributed by atoms with E-state index in [1.165, 1.54) is 23.3 Å². The average Bonchev–Trinajstić information content (AvgIpc) is 2.90. The van der Waals surface area contributed by atoms with Gasteiger partial charge in [-0.3, -0.25) is 4.79 Å². The van der Waals surface area contributed by atoms with Crippen molar-refractivity contribution in [1.29, 1.82) is 0 Å². The van der Waals surface area contributed by atoms with E-state index in [0.717, 1.165) is 19.3 Å². The van der Waals surface area contributed by atoms with E-state index in [1.54, 1.807) is 12.1 Å². The van der Waals surface area contributed by atoms with Crippen LogP contribution in [-0.4, -0.2) is 5.91 Å². The fourth-order valence-electron chi connectivity index (χ4n) is 2.57. The molecular weight excluding hydrogens is 255 g/mol. The summed E-state index contributed by atoms with van der Waals surface area (Å²) >= 11 is 0. The Kier molecular flexibility index (Phi) is 3.14. The van der Waals surface area contributed by atoms with Crippen molar-refractivity contribution in [3.05, 3.63) is 58.9 Å². The molecule has 20 heavy (non-hydrogen) atoms. The van der Waals surface area contributed by atoms with E-state index in [0.29, 0.717) is 5.56 Å². The number of amides is 1. The van der Waals surface area contributed by atoms with Gasteiger partial charge in [-0.25, -0.2) is 4.39 Å². The summed E-state index contributed by atoms with van der Waals surface area (Å²) in [6.07, 6.45) is 3.19. The van der Waals surface area contributed by atoms with Crippen LogP contribution in [0.4, 0.5) is 15.8 Å². The highest BCUT2D eigenvalue weighted by molar-refractivity contribution is 6.06. The Hall–Kier alpha value is -2.36. The van der Waals surface area contributed by atoms with Crippen LogP contribution in [0.2, 0.25) is 0 Å². The molecule has 0 saturated heterocycles. The van der Waals surface area contributed by atoms with Gasteiger partial charge < -0.3 is 11.1 Å². The first-order chi connectivity index (χ1) is 9.65. The first kappa shape index (κ1) is 12.7. The Bertz CT molecular complexity index is 662. The highest BCUT2D eigenvalue weighted by atomic mass is 19.1. The van der Waals surface area contributed by atoms with E-state index in [1.807, 2.05) is 12.1 Å². The molecule has 0 saturated carbocycles. The van der Waals surface area contributed by atoms with Gasteiger partial charge in [-0.15, -0.1) is 0 Å². The van der Waals surface area contributed by atoms with Crippen LogP contribution in [0.25, 0.3) is 0 Å². The number of halogens is 1. The fourth-order valence-corrected chi connectivity index (χ4v) is 2.57. The molecule has 1 aliphatic carbocycles. The molecule has 3 N–H and O–H groups in total. The van der Waals surface area contributed by atoms with Crippen molar-refractivity contribution in [2.75, 3.05) is 11.1 Å². The van der Waals surface area contributed by atoms with Gasteiger partial charge in [0.05, 0.1) is 5.69 Å². The minimum atomic E-state index is -0.528. The van der Waals surface area contributed by atoms with Gasteiger partial charge in [-0.2, -0.15) is 0 Å². The third kappa shape index (κ3) is 2.25. The Labute approximate surface area is 116 Å². The standard InChI is InChI=1S/C16H15FN2O/c17-13-5-2-6-14(18)15(13)19-16(20)12-8-7-10-3-1-4-11(10)9-12/h2,5-9H,1,3-4,18H2,(H,19,20). The highest BCUT2D eigenvalue weighted by Gasteiger charge is 2.15. The van der Waals surface area contributed by atoms with Gasteiger partial charge >= 0.3 is 0 Å². The Morgan fingerprint density at radius 2 is 1.95 bits per heavy atom. The van der Waals surface area contributed by atoms with Gasteiger partial charge in [0.2, 0.25) is 0 Å². The SMILES string of the molecule is Nc1cccc(F)c1NC(=O)c1ccc2c(c1)CCC2. The second-order valence-electron chi connectivity index (χ2n) is 5.00. The summed E-state index contributed by atoms with van der Waals surface area (Å²) < 4.78 is 13.7. The zero-order chi connectivity index (χ0) is 14.1. The lowest BCUT2D eigenvalue weighted by atomic mass is 10.1. The number of aryl methyl sites for hydroxylation is 2. The molecule has 2 aromatic carbocycles. The van der Waals surface area contributed by atoms with Crippen molar-refractivity contribution in [3.8, 4) is 0 Å². The Morgan fingerprint density at radius 1 is 1.15 bits per heavy atom. The number of hydrogen-bond acceptors (Lipinski definition) is 2. The third-order valence-electron chi connectivity index (χ3n) is 3.65. The summed E-state index contributed by atoms with van der Waals surface area (Å²) in [6.45, 7) is 0. The number of rotatable bonds is 2. The zero-order valence-electron chi connectivity index (χ0n) is 10.9. The first-order valence-corrected chi connectivity index (χ1v) is 6.62. The van der Waals surface area contributed by atoms with Crippen molar-refractivity contribution in [2.45, 2.75) is 19.3 Å². The number of para-hydroxylation sites is 1. The smallest absolute Gasteiger partial charge is 0.255 e. The Morgan fingerprint density at radius 3 is 2.75 bits per heavy atom. The number of hydrogen-bond donors (Lipinski definition) is 2. The molecule has 3 nitrogen and oxygen atoms in total. The lowest BCUT2D eigenvalue weighted by molar-refractivity contribution is 0.102. The molecule has 0 atom stereocenters. The third-order valence-corrected chi connectivity index (χ3v) is 3.65. The summed E-state index contributed by atoms with van der Waals surface area (Å²) in [5.74, 6) is -0.865. The van der Waals surface area contributed by atoms with E-state index in [9.17, 15) is 9.18 Å². The summed E-state index contributed by atoms with van der Waals surface area (Å²) in [6, 6.07) is 9.97. The van der Waals surface area contributed by atoms with E-state index >= 15 is 0 Å². The molecule has 0 aliphatic heterocycles. The maximum absolute atomic E-state index is 13.7. The molecular formula is C16H15FN2O. The fraction of sp³-hybridized carbons (Fsp3) is 0.188. The summed E-state index contributed by atoms with van der Waals surface area (Å²) in [5, 5.41) is 2.55. The summed E-state index contributed by atoms with van der Waals surface area (Å²) in [4.78, 5) is 12.2. The van der Waals surface area contributed by atoms with Crippen molar-refractivity contribution < 1.29 is 9.18 Å². The van der Waals surface area contributed by atoms with Gasteiger partial charge in [0.15, 0.2) is 0 Å². The van der Waals surface area contributed by atoms with Crippen LogP contribution in [0.1, 0.15) is 27.9 Å². The van der Waals surface area contributed by atoms with Crippen molar-refractivity contribution in [2.24, 2.45) is 0 Å². The maximum Gasteiger partial charge on any atom is 0.255 e. The largest absolute Gasteiger partial charge is 0.397 e. The van der Waals surface area contributed by atoms with Crippen LogP contribution >= 0.6 is 0 Å². The van der Waals surface area contributed by atoms with Crippen LogP contribution in [0.5, 0.6) is 0 Å². The normalized spacial score (nSPS) is 13.1. The molecule has 0 fully saturated rings. The van der Waals surface area contributed by atoms with Crippen molar-refractivity contribution in [1.82, 2.24) is 0 Å². The van der Waals surface area contributed by atoms with Crippen LogP contribution in [-0.2, 0) is 12.8 Å². The van der Waals surface area contributed by atoms with Gasteiger partial charge in [0.25, 0.3) is 5.91 Å². The van der Waals surface area contributed by atoms with E-state index in [-0.39, 0.29) is 17.3 Å². The lowest BCUT2D eigenvalue weighted by Crippen LogP contribution is -2.14. The average molecular weight is 270 g/mol. The Balaban J connectivity index is 1.86. The molecule has 0 unspecified atom stereocenters. The maximum atomic E-state index is 13.7. The van der Waals surface area contributed by atoms with Crippen LogP contribution < -0.4 is 11.1 Å². The number of carbonyl (C=O) groups excluding carboxylic acids is 1. The molecule has 2 aromatic rings. The molecule has 0 radical (unpaired) electrons. The van der Waals surface area contributed by atoms with E-state index in [4.69, 9.17) is 5.73 Å². The van der Waals surface area contributed by atoms with Gasteiger partial charge in [-0.05, 0) is 54.7 Å². The van der Waals surface area contributed by atoms with E-state index in [2.05, 4.69) is 5.32 Å². The monoisotopic (exact) mass is 270 g/mol. The van der Waals surface area contributed by atoms with Gasteiger partial charge in [0.1, 0.15) is 11.5 Å². The second kappa shape index (κ2) is 4.96. The number of anilines is 2. The molecule has 102 valence electrons. The molecule has 1 amide bonds. The minimum absolute atomic E-state index is 0.0398. The highest BCUT2D eigenvalue weighted by Crippen LogP contribution is 2.25. The molecule has 0 spiro atoms. The molecule has 0 aromatic heterocycles. The molecule has 4 heteroatoms. The van der Waals surface area contributed by atoms with Crippen LogP contribution in [0.3, 0.4) is 0 Å². The predicted octanol–water partition coefficient (Wildman–Crippen LogP) is 3.15. The topological polar surface area (TPSA) is 55.1 Å². The van der Waals surface area contributed by atoms with E-state index < -0.39 is 5.82 Å². The molecule has 0 heterocycles. The molecule has 1 aliphatic rings. The van der Waals surface area contributed by atoms with Crippen LogP contribution in [0, 0.1) is 5.82 Å². The quantitative estimate of drug-likeness (QED) is 0.824. The number of carbonyl (C=O) groups is 1. The van der Waals surface area contributed by atoms with Gasteiger partial charge in [0, 0.05) is 5.56 Å². The number of fused-ring (bicyclic) bond motifs is 1.